The Balaban J connectivity index is 2.90. The van der Waals surface area contributed by atoms with Crippen LogP contribution in [-0.4, -0.2) is 11.1 Å². The van der Waals surface area contributed by atoms with Crippen molar-refractivity contribution in [3.05, 3.63) is 28.8 Å². The fraction of sp³-hybridized carbons (Fsp3) is 0.333. The predicted molar refractivity (Wildman–Crippen MR) is 50.5 cm³/mol. The van der Waals surface area contributed by atoms with Gasteiger partial charge in [-0.25, -0.2) is 0 Å². The maximum atomic E-state index is 9.37. The minimum atomic E-state index is 0.0365. The third-order valence-electron chi connectivity index (χ3n) is 1.58. The van der Waals surface area contributed by atoms with Crippen molar-refractivity contribution in [2.24, 2.45) is 5.73 Å². The minimum Gasteiger partial charge on any atom is -0.508 e. The zero-order chi connectivity index (χ0) is 9.14. The summed E-state index contributed by atoms with van der Waals surface area (Å²) in [7, 11) is 0. The Hall–Kier alpha value is -0.730. The minimum absolute atomic E-state index is 0.0365. The van der Waals surface area contributed by atoms with Crippen molar-refractivity contribution < 1.29 is 5.11 Å². The molecule has 0 unspecified atom stereocenters. The molecular weight excluding hydrogens is 174 g/mol. The molecule has 0 saturated heterocycles. The van der Waals surface area contributed by atoms with Crippen LogP contribution in [0.15, 0.2) is 18.2 Å². The maximum absolute atomic E-state index is 9.37. The van der Waals surface area contributed by atoms with Crippen LogP contribution < -0.4 is 5.73 Å². The van der Waals surface area contributed by atoms with Crippen LogP contribution in [0.2, 0.25) is 5.02 Å². The molecule has 0 saturated carbocycles. The molecule has 1 rings (SSSR count). The molecule has 66 valence electrons. The standard InChI is InChI=1S/C9H12ClNO/c1-6(11)4-7-5-8(10)2-3-9(7)12/h2-3,5-6,12H,4,11H2,1H3/t6-/m0/s1. The van der Waals surface area contributed by atoms with Crippen molar-refractivity contribution in [1.29, 1.82) is 0 Å². The summed E-state index contributed by atoms with van der Waals surface area (Å²) in [6.45, 7) is 1.89. The Labute approximate surface area is 77.0 Å². The SMILES string of the molecule is C[C@H](N)Cc1cc(Cl)ccc1O. The summed E-state index contributed by atoms with van der Waals surface area (Å²) in [5.41, 5.74) is 6.39. The first-order valence-corrected chi connectivity index (χ1v) is 4.20. The Bertz CT molecular complexity index is 273. The highest BCUT2D eigenvalue weighted by Gasteiger charge is 2.03. The molecule has 0 aliphatic heterocycles. The van der Waals surface area contributed by atoms with Crippen LogP contribution in [0, 0.1) is 0 Å². The highest BCUT2D eigenvalue weighted by molar-refractivity contribution is 6.30. The quantitative estimate of drug-likeness (QED) is 0.740. The van der Waals surface area contributed by atoms with Crippen molar-refractivity contribution in [2.75, 3.05) is 0 Å². The average molecular weight is 186 g/mol. The van der Waals surface area contributed by atoms with Crippen molar-refractivity contribution in [3.8, 4) is 5.75 Å². The van der Waals surface area contributed by atoms with E-state index in [-0.39, 0.29) is 11.8 Å². The topological polar surface area (TPSA) is 46.2 Å². The summed E-state index contributed by atoms with van der Waals surface area (Å²) in [5, 5.41) is 10.00. The molecule has 0 aromatic heterocycles. The second-order valence-electron chi connectivity index (χ2n) is 2.95. The Morgan fingerprint density at radius 1 is 1.58 bits per heavy atom. The van der Waals surface area contributed by atoms with Gasteiger partial charge < -0.3 is 10.8 Å². The molecule has 0 fully saturated rings. The van der Waals surface area contributed by atoms with Crippen molar-refractivity contribution in [1.82, 2.24) is 0 Å². The van der Waals surface area contributed by atoms with E-state index in [1.807, 2.05) is 6.92 Å². The molecule has 3 N–H and O–H groups in total. The summed E-state index contributed by atoms with van der Waals surface area (Å²) in [4.78, 5) is 0. The molecule has 1 atom stereocenters. The number of halogens is 1. The summed E-state index contributed by atoms with van der Waals surface area (Å²) in [5.74, 6) is 0.261. The van der Waals surface area contributed by atoms with Crippen LogP contribution >= 0.6 is 11.6 Å². The number of nitrogens with two attached hydrogens (primary N) is 1. The van der Waals surface area contributed by atoms with Crippen LogP contribution in [0.3, 0.4) is 0 Å². The highest BCUT2D eigenvalue weighted by Crippen LogP contribution is 2.22. The van der Waals surface area contributed by atoms with E-state index in [0.29, 0.717) is 11.4 Å². The van der Waals surface area contributed by atoms with E-state index < -0.39 is 0 Å². The number of benzene rings is 1. The van der Waals surface area contributed by atoms with Gasteiger partial charge in [-0.3, -0.25) is 0 Å². The molecule has 2 nitrogen and oxygen atoms in total. The van der Waals surface area contributed by atoms with Crippen LogP contribution in [0.1, 0.15) is 12.5 Å². The molecule has 0 amide bonds. The zero-order valence-electron chi connectivity index (χ0n) is 6.92. The second kappa shape index (κ2) is 3.78. The number of hydrogen-bond donors (Lipinski definition) is 2. The lowest BCUT2D eigenvalue weighted by Crippen LogP contribution is -2.17. The molecule has 0 bridgehead atoms. The van der Waals surface area contributed by atoms with Crippen molar-refractivity contribution in [3.63, 3.8) is 0 Å². The lowest BCUT2D eigenvalue weighted by molar-refractivity contribution is 0.465. The van der Waals surface area contributed by atoms with Crippen molar-refractivity contribution in [2.45, 2.75) is 19.4 Å². The van der Waals surface area contributed by atoms with Gasteiger partial charge in [-0.1, -0.05) is 11.6 Å². The normalized spacial score (nSPS) is 12.9. The van der Waals surface area contributed by atoms with Crippen LogP contribution in [-0.2, 0) is 6.42 Å². The maximum Gasteiger partial charge on any atom is 0.118 e. The fourth-order valence-electron chi connectivity index (χ4n) is 1.06. The first kappa shape index (κ1) is 9.36. The summed E-state index contributed by atoms with van der Waals surface area (Å²) in [6.07, 6.45) is 0.645. The Kier molecular flexibility index (Phi) is 2.95. The summed E-state index contributed by atoms with van der Waals surface area (Å²) in [6, 6.07) is 5.01. The number of rotatable bonds is 2. The van der Waals surface area contributed by atoms with Gasteiger partial charge in [0, 0.05) is 11.1 Å². The number of hydrogen-bond acceptors (Lipinski definition) is 2. The van der Waals surface area contributed by atoms with Gasteiger partial charge in [0.15, 0.2) is 0 Å². The molecule has 0 spiro atoms. The molecule has 0 aliphatic rings. The summed E-state index contributed by atoms with van der Waals surface area (Å²) < 4.78 is 0. The average Bonchev–Trinajstić information content (AvgIpc) is 1.96. The molecule has 1 aromatic carbocycles. The van der Waals surface area contributed by atoms with E-state index >= 15 is 0 Å². The first-order valence-electron chi connectivity index (χ1n) is 3.82. The van der Waals surface area contributed by atoms with Gasteiger partial charge in [0.2, 0.25) is 0 Å². The summed E-state index contributed by atoms with van der Waals surface area (Å²) >= 11 is 5.75. The third-order valence-corrected chi connectivity index (χ3v) is 1.82. The number of phenolic OH excluding ortho intramolecular Hbond substituents is 1. The zero-order valence-corrected chi connectivity index (χ0v) is 7.67. The molecule has 0 heterocycles. The van der Waals surface area contributed by atoms with Gasteiger partial charge in [0.05, 0.1) is 0 Å². The van der Waals surface area contributed by atoms with E-state index in [1.54, 1.807) is 18.2 Å². The van der Waals surface area contributed by atoms with Gasteiger partial charge in [-0.15, -0.1) is 0 Å². The van der Waals surface area contributed by atoms with Gasteiger partial charge >= 0.3 is 0 Å². The van der Waals surface area contributed by atoms with E-state index in [9.17, 15) is 5.11 Å². The van der Waals surface area contributed by atoms with Gasteiger partial charge in [0.25, 0.3) is 0 Å². The lowest BCUT2D eigenvalue weighted by atomic mass is 10.1. The molecule has 0 radical (unpaired) electrons. The van der Waals surface area contributed by atoms with Crippen molar-refractivity contribution >= 4 is 11.6 Å². The molecule has 0 aliphatic carbocycles. The smallest absolute Gasteiger partial charge is 0.118 e. The Morgan fingerprint density at radius 2 is 2.25 bits per heavy atom. The van der Waals surface area contributed by atoms with Gasteiger partial charge in [0.1, 0.15) is 5.75 Å². The van der Waals surface area contributed by atoms with E-state index in [4.69, 9.17) is 17.3 Å². The molecule has 3 heteroatoms. The van der Waals surface area contributed by atoms with E-state index in [2.05, 4.69) is 0 Å². The highest BCUT2D eigenvalue weighted by atomic mass is 35.5. The predicted octanol–water partition coefficient (Wildman–Crippen LogP) is 1.94. The first-order chi connectivity index (χ1) is 5.59. The van der Waals surface area contributed by atoms with E-state index in [1.165, 1.54) is 0 Å². The fourth-order valence-corrected chi connectivity index (χ4v) is 1.26. The van der Waals surface area contributed by atoms with Crippen LogP contribution in [0.25, 0.3) is 0 Å². The molecular formula is C9H12ClNO. The third kappa shape index (κ3) is 2.40. The largest absolute Gasteiger partial charge is 0.508 e. The van der Waals surface area contributed by atoms with Crippen LogP contribution in [0.5, 0.6) is 5.75 Å². The van der Waals surface area contributed by atoms with E-state index in [0.717, 1.165) is 5.56 Å². The number of phenols is 1. The Morgan fingerprint density at radius 3 is 2.83 bits per heavy atom. The lowest BCUT2D eigenvalue weighted by Gasteiger charge is -2.07. The van der Waals surface area contributed by atoms with Gasteiger partial charge in [-0.2, -0.15) is 0 Å². The van der Waals surface area contributed by atoms with Gasteiger partial charge in [-0.05, 0) is 37.1 Å². The number of aromatic hydroxyl groups is 1. The second-order valence-corrected chi connectivity index (χ2v) is 3.39. The molecule has 12 heavy (non-hydrogen) atoms. The molecule has 1 aromatic rings. The van der Waals surface area contributed by atoms with Crippen LogP contribution in [0.4, 0.5) is 0 Å². The monoisotopic (exact) mass is 185 g/mol.